The van der Waals surface area contributed by atoms with E-state index in [2.05, 4.69) is 5.32 Å². The summed E-state index contributed by atoms with van der Waals surface area (Å²) in [7, 11) is 0. The quantitative estimate of drug-likeness (QED) is 0.631. The van der Waals surface area contributed by atoms with Crippen molar-refractivity contribution in [1.82, 2.24) is 10.2 Å². The number of hydrogen-bond donors (Lipinski definition) is 1. The van der Waals surface area contributed by atoms with Gasteiger partial charge in [-0.1, -0.05) is 48.9 Å². The van der Waals surface area contributed by atoms with Gasteiger partial charge in [-0.25, -0.2) is 0 Å². The highest BCUT2D eigenvalue weighted by molar-refractivity contribution is 8.00. The molecule has 0 aliphatic carbocycles. The summed E-state index contributed by atoms with van der Waals surface area (Å²) in [5.74, 6) is 0.0515. The first kappa shape index (κ1) is 21.3. The number of amides is 2. The molecular formula is C21H25ClN2O2S. The smallest absolute Gasteiger partial charge is 0.242 e. The van der Waals surface area contributed by atoms with Crippen LogP contribution in [0, 0.1) is 0 Å². The number of carbonyl (C=O) groups excluding carboxylic acids is 2. The minimum atomic E-state index is -0.556. The summed E-state index contributed by atoms with van der Waals surface area (Å²) in [5, 5.41) is 3.49. The van der Waals surface area contributed by atoms with E-state index in [-0.39, 0.29) is 17.6 Å². The van der Waals surface area contributed by atoms with E-state index in [0.717, 1.165) is 16.9 Å². The van der Waals surface area contributed by atoms with Gasteiger partial charge >= 0.3 is 0 Å². The van der Waals surface area contributed by atoms with Gasteiger partial charge in [0.1, 0.15) is 6.04 Å². The Labute approximate surface area is 170 Å². The molecule has 0 radical (unpaired) electrons. The van der Waals surface area contributed by atoms with E-state index in [0.29, 0.717) is 18.1 Å². The number of carbonyl (C=O) groups is 2. The van der Waals surface area contributed by atoms with Crippen molar-refractivity contribution in [3.63, 3.8) is 0 Å². The van der Waals surface area contributed by atoms with Gasteiger partial charge in [0, 0.05) is 23.0 Å². The number of rotatable bonds is 9. The Hall–Kier alpha value is -1.98. The Balaban J connectivity index is 2.11. The first-order valence-corrected chi connectivity index (χ1v) is 10.4. The second-order valence-electron chi connectivity index (χ2n) is 6.22. The molecule has 1 atom stereocenters. The molecule has 2 aromatic carbocycles. The van der Waals surface area contributed by atoms with Crippen molar-refractivity contribution in [3.8, 4) is 0 Å². The molecule has 2 amide bonds. The lowest BCUT2D eigenvalue weighted by Crippen LogP contribution is -2.48. The van der Waals surface area contributed by atoms with Crippen LogP contribution in [0.25, 0.3) is 0 Å². The molecule has 0 fully saturated rings. The molecule has 0 bridgehead atoms. The second-order valence-corrected chi connectivity index (χ2v) is 7.71. The van der Waals surface area contributed by atoms with Crippen molar-refractivity contribution in [2.75, 3.05) is 12.3 Å². The fourth-order valence-electron chi connectivity index (χ4n) is 2.56. The standard InChI is InChI=1S/C21H25ClN2O2S/c1-3-12-23-21(26)16(2)24(14-17-8-7-9-18(22)13-17)20(25)15-27-19-10-5-4-6-11-19/h4-11,13,16H,3,12,14-15H2,1-2H3,(H,23,26). The van der Waals surface area contributed by atoms with Crippen molar-refractivity contribution < 1.29 is 9.59 Å². The zero-order valence-electron chi connectivity index (χ0n) is 15.7. The van der Waals surface area contributed by atoms with E-state index < -0.39 is 6.04 Å². The topological polar surface area (TPSA) is 49.4 Å². The molecule has 0 aromatic heterocycles. The monoisotopic (exact) mass is 404 g/mol. The molecule has 1 N–H and O–H groups in total. The van der Waals surface area contributed by atoms with Gasteiger partial charge in [-0.2, -0.15) is 0 Å². The van der Waals surface area contributed by atoms with Crippen LogP contribution in [0.5, 0.6) is 0 Å². The van der Waals surface area contributed by atoms with Crippen molar-refractivity contribution in [1.29, 1.82) is 0 Å². The third-order valence-corrected chi connectivity index (χ3v) is 5.30. The van der Waals surface area contributed by atoms with Crippen LogP contribution in [0.3, 0.4) is 0 Å². The molecule has 2 aromatic rings. The highest BCUT2D eigenvalue weighted by atomic mass is 35.5. The highest BCUT2D eigenvalue weighted by Gasteiger charge is 2.25. The van der Waals surface area contributed by atoms with E-state index in [1.165, 1.54) is 11.8 Å². The zero-order valence-corrected chi connectivity index (χ0v) is 17.2. The molecule has 6 heteroatoms. The number of benzene rings is 2. The Morgan fingerprint density at radius 2 is 1.89 bits per heavy atom. The van der Waals surface area contributed by atoms with Crippen LogP contribution >= 0.6 is 23.4 Å². The Bertz CT molecular complexity index is 755. The normalized spacial score (nSPS) is 11.7. The van der Waals surface area contributed by atoms with Crippen LogP contribution < -0.4 is 5.32 Å². The molecule has 0 saturated heterocycles. The van der Waals surface area contributed by atoms with Crippen LogP contribution in [0.2, 0.25) is 5.02 Å². The second kappa shape index (κ2) is 11.0. The molecule has 4 nitrogen and oxygen atoms in total. The van der Waals surface area contributed by atoms with E-state index in [4.69, 9.17) is 11.6 Å². The van der Waals surface area contributed by atoms with E-state index in [9.17, 15) is 9.59 Å². The summed E-state index contributed by atoms with van der Waals surface area (Å²) in [6.45, 7) is 4.70. The van der Waals surface area contributed by atoms with Gasteiger partial charge in [0.2, 0.25) is 11.8 Å². The fourth-order valence-corrected chi connectivity index (χ4v) is 3.57. The number of nitrogens with one attached hydrogen (secondary N) is 1. The van der Waals surface area contributed by atoms with Gasteiger partial charge < -0.3 is 10.2 Å². The third-order valence-electron chi connectivity index (χ3n) is 4.06. The highest BCUT2D eigenvalue weighted by Crippen LogP contribution is 2.20. The summed E-state index contributed by atoms with van der Waals surface area (Å²) in [6.07, 6.45) is 0.852. The molecule has 0 spiro atoms. The lowest BCUT2D eigenvalue weighted by molar-refractivity contribution is -0.138. The van der Waals surface area contributed by atoms with Gasteiger partial charge in [-0.15, -0.1) is 11.8 Å². The lowest BCUT2D eigenvalue weighted by atomic mass is 10.1. The molecule has 0 aliphatic heterocycles. The summed E-state index contributed by atoms with van der Waals surface area (Å²) >= 11 is 7.54. The average Bonchev–Trinajstić information content (AvgIpc) is 2.68. The van der Waals surface area contributed by atoms with Gasteiger partial charge in [0.05, 0.1) is 5.75 Å². The van der Waals surface area contributed by atoms with Gasteiger partial charge in [-0.05, 0) is 43.2 Å². The van der Waals surface area contributed by atoms with Crippen LogP contribution in [0.4, 0.5) is 0 Å². The average molecular weight is 405 g/mol. The Kier molecular flexibility index (Phi) is 8.69. The summed E-state index contributed by atoms with van der Waals surface area (Å²) in [5.41, 5.74) is 0.899. The van der Waals surface area contributed by atoms with Crippen molar-refractivity contribution in [3.05, 3.63) is 65.2 Å². The van der Waals surface area contributed by atoms with Gasteiger partial charge in [0.25, 0.3) is 0 Å². The Morgan fingerprint density at radius 1 is 1.15 bits per heavy atom. The molecule has 0 heterocycles. The molecule has 0 saturated carbocycles. The van der Waals surface area contributed by atoms with E-state index in [1.54, 1.807) is 17.9 Å². The maximum Gasteiger partial charge on any atom is 0.242 e. The minimum absolute atomic E-state index is 0.0806. The number of hydrogen-bond acceptors (Lipinski definition) is 3. The molecule has 0 aliphatic rings. The molecule has 2 rings (SSSR count). The van der Waals surface area contributed by atoms with Crippen LogP contribution in [-0.4, -0.2) is 35.1 Å². The molecular weight excluding hydrogens is 380 g/mol. The number of halogens is 1. The van der Waals surface area contributed by atoms with Crippen molar-refractivity contribution in [2.45, 2.75) is 37.8 Å². The fraction of sp³-hybridized carbons (Fsp3) is 0.333. The van der Waals surface area contributed by atoms with Gasteiger partial charge in [0.15, 0.2) is 0 Å². The number of thioether (sulfide) groups is 1. The van der Waals surface area contributed by atoms with Gasteiger partial charge in [-0.3, -0.25) is 9.59 Å². The first-order chi connectivity index (χ1) is 13.0. The van der Waals surface area contributed by atoms with Crippen molar-refractivity contribution >= 4 is 35.2 Å². The molecule has 27 heavy (non-hydrogen) atoms. The number of nitrogens with zero attached hydrogens (tertiary/aromatic N) is 1. The molecule has 1 unspecified atom stereocenters. The van der Waals surface area contributed by atoms with Crippen molar-refractivity contribution in [2.24, 2.45) is 0 Å². The summed E-state index contributed by atoms with van der Waals surface area (Å²) in [6, 6.07) is 16.6. The van der Waals surface area contributed by atoms with E-state index in [1.807, 2.05) is 55.5 Å². The maximum absolute atomic E-state index is 12.9. The predicted molar refractivity (Wildman–Crippen MR) is 112 cm³/mol. The van der Waals surface area contributed by atoms with E-state index >= 15 is 0 Å². The maximum atomic E-state index is 12.9. The minimum Gasteiger partial charge on any atom is -0.354 e. The predicted octanol–water partition coefficient (Wildman–Crippen LogP) is 4.38. The Morgan fingerprint density at radius 3 is 2.56 bits per heavy atom. The summed E-state index contributed by atoms with van der Waals surface area (Å²) in [4.78, 5) is 28.0. The SMILES string of the molecule is CCCNC(=O)C(C)N(Cc1cccc(Cl)c1)C(=O)CSc1ccccc1. The third kappa shape index (κ3) is 6.92. The largest absolute Gasteiger partial charge is 0.354 e. The lowest BCUT2D eigenvalue weighted by Gasteiger charge is -2.28. The first-order valence-electron chi connectivity index (χ1n) is 9.00. The van der Waals surface area contributed by atoms with Crippen LogP contribution in [0.15, 0.2) is 59.5 Å². The summed E-state index contributed by atoms with van der Waals surface area (Å²) < 4.78 is 0. The van der Waals surface area contributed by atoms with Crippen LogP contribution in [0.1, 0.15) is 25.8 Å². The molecule has 144 valence electrons. The zero-order chi connectivity index (χ0) is 19.6. The van der Waals surface area contributed by atoms with Crippen LogP contribution in [-0.2, 0) is 16.1 Å².